The Kier molecular flexibility index (Phi) is 83.0. The second-order valence-electron chi connectivity index (χ2n) is 3.39. The number of hydrogen-bond acceptors (Lipinski definition) is 8. The van der Waals surface area contributed by atoms with Crippen molar-refractivity contribution in [2.45, 2.75) is 34.6 Å². The molecule has 0 aliphatic heterocycles. The van der Waals surface area contributed by atoms with Crippen LogP contribution in [0, 0.1) is 11.3 Å². The Morgan fingerprint density at radius 2 is 1.12 bits per heavy atom. The smallest absolute Gasteiger partial charge is 0.302 e. The van der Waals surface area contributed by atoms with E-state index in [-0.39, 0.29) is 22.9 Å². The summed E-state index contributed by atoms with van der Waals surface area (Å²) in [5.74, 6) is -0.491. The maximum absolute atomic E-state index is 9.59. The van der Waals surface area contributed by atoms with Crippen molar-refractivity contribution in [3.8, 4) is 6.07 Å². The normalized spacial score (nSPS) is 7.96. The first kappa shape index (κ1) is 43.6. The number of rotatable bonds is 0. The monoisotopic (exact) mass is 380 g/mol. The molecule has 0 atom stereocenters. The lowest BCUT2D eigenvalue weighted by molar-refractivity contribution is -0.138. The van der Waals surface area contributed by atoms with Gasteiger partial charge in [0.2, 0.25) is 0 Å². The van der Waals surface area contributed by atoms with Crippen LogP contribution < -0.4 is 0 Å². The summed E-state index contributed by atoms with van der Waals surface area (Å²) in [5.41, 5.74) is 0.773. The highest BCUT2D eigenvalue weighted by Crippen LogP contribution is 1.83. The van der Waals surface area contributed by atoms with E-state index in [4.69, 9.17) is 5.26 Å². The molecule has 0 saturated heterocycles. The maximum atomic E-state index is 9.59. The summed E-state index contributed by atoms with van der Waals surface area (Å²) < 4.78 is 8.22. The minimum Gasteiger partial charge on any atom is -0.469 e. The minimum absolute atomic E-state index is 0. The van der Waals surface area contributed by atoms with E-state index in [9.17, 15) is 9.59 Å². The van der Waals surface area contributed by atoms with Gasteiger partial charge >= 0.3 is 11.9 Å². The molecule has 0 spiro atoms. The number of hydrogen-bond donors (Lipinski definition) is 0. The molecule has 10 heteroatoms. The molecule has 0 aliphatic carbocycles. The zero-order chi connectivity index (χ0) is 20.4. The number of ether oxygens (including phenoxy) is 2. The maximum Gasteiger partial charge on any atom is 0.302 e. The zero-order valence-electron chi connectivity index (χ0n) is 17.6. The molecule has 4 N–H and O–H groups in total. The highest BCUT2D eigenvalue weighted by molar-refractivity contribution is 5.65. The summed E-state index contributed by atoms with van der Waals surface area (Å²) in [4.78, 5) is 22.8. The standard InChI is InChI=1S/C5H7N.C3H7N.2C3H6O2.C2H6N2.2H2O/c1-3-5(2)4-6;1-3-4-2;2*1-3(4)5-2;1-3-4-2;;/h3H,1-2H3;3H,1-2H3;2*1-2H3;1-2H3;2*1H2. The Hall–Kier alpha value is -2.64. The van der Waals surface area contributed by atoms with Gasteiger partial charge in [-0.2, -0.15) is 15.5 Å². The van der Waals surface area contributed by atoms with Crippen molar-refractivity contribution in [3.05, 3.63) is 11.6 Å². The molecule has 0 amide bonds. The van der Waals surface area contributed by atoms with Gasteiger partial charge in [-0.15, -0.1) is 0 Å². The van der Waals surface area contributed by atoms with Crippen LogP contribution in [0.2, 0.25) is 0 Å². The van der Waals surface area contributed by atoms with E-state index in [1.54, 1.807) is 40.4 Å². The van der Waals surface area contributed by atoms with Gasteiger partial charge in [0.25, 0.3) is 0 Å². The lowest BCUT2D eigenvalue weighted by atomic mass is 10.3. The van der Waals surface area contributed by atoms with Gasteiger partial charge in [-0.25, -0.2) is 0 Å². The number of esters is 2. The molecule has 0 aromatic rings. The molecule has 0 rings (SSSR count). The van der Waals surface area contributed by atoms with Crippen molar-refractivity contribution in [2.24, 2.45) is 15.2 Å². The van der Waals surface area contributed by atoms with Gasteiger partial charge in [-0.3, -0.25) is 9.59 Å². The van der Waals surface area contributed by atoms with E-state index in [1.807, 2.05) is 19.9 Å². The lowest BCUT2D eigenvalue weighted by Gasteiger charge is -1.80. The molecule has 0 bridgehead atoms. The van der Waals surface area contributed by atoms with Gasteiger partial charge in [0.05, 0.1) is 20.3 Å². The van der Waals surface area contributed by atoms with E-state index in [1.165, 1.54) is 28.1 Å². The number of carbonyl (C=O) groups is 2. The highest BCUT2D eigenvalue weighted by atomic mass is 16.5. The van der Waals surface area contributed by atoms with Crippen LogP contribution in [0.4, 0.5) is 0 Å². The number of nitriles is 1. The van der Waals surface area contributed by atoms with Crippen LogP contribution in [0.5, 0.6) is 0 Å². The van der Waals surface area contributed by atoms with E-state index in [2.05, 4.69) is 24.7 Å². The third-order valence-electron chi connectivity index (χ3n) is 1.64. The van der Waals surface area contributed by atoms with Crippen LogP contribution in [0.15, 0.2) is 26.9 Å². The van der Waals surface area contributed by atoms with E-state index in [0.717, 1.165) is 5.57 Å². The Bertz CT molecular complexity index is 370. The van der Waals surface area contributed by atoms with Crippen molar-refractivity contribution in [2.75, 3.05) is 35.4 Å². The summed E-state index contributed by atoms with van der Waals surface area (Å²) in [6.07, 6.45) is 3.53. The first-order chi connectivity index (χ1) is 11.2. The van der Waals surface area contributed by atoms with Gasteiger partial charge in [0.1, 0.15) is 0 Å². The van der Waals surface area contributed by atoms with Crippen LogP contribution in [0.1, 0.15) is 34.6 Å². The Labute approximate surface area is 157 Å². The van der Waals surface area contributed by atoms with Crippen molar-refractivity contribution in [1.82, 2.24) is 0 Å². The fourth-order valence-electron chi connectivity index (χ4n) is 0.0645. The quantitative estimate of drug-likeness (QED) is 0.267. The molecule has 0 aromatic carbocycles. The van der Waals surface area contributed by atoms with E-state index >= 15 is 0 Å². The molecular formula is C16H36N4O6. The van der Waals surface area contributed by atoms with Crippen molar-refractivity contribution < 1.29 is 30.0 Å². The molecule has 26 heavy (non-hydrogen) atoms. The number of methoxy groups -OCH3 is 2. The third-order valence-corrected chi connectivity index (χ3v) is 1.64. The van der Waals surface area contributed by atoms with Gasteiger partial charge in [0.15, 0.2) is 0 Å². The number of allylic oxidation sites excluding steroid dienone is 2. The number of aliphatic imine (C=N–C) groups is 1. The number of nitrogens with zero attached hydrogens (tertiary/aromatic N) is 4. The van der Waals surface area contributed by atoms with E-state index in [0.29, 0.717) is 0 Å². The minimum atomic E-state index is -0.245. The SMILES string of the molecule is CC=C(C)C#N.CC=NC.CN=NC.COC(C)=O.COC(C)=O.O.O. The first-order valence-corrected chi connectivity index (χ1v) is 6.85. The van der Waals surface area contributed by atoms with Crippen molar-refractivity contribution in [1.29, 1.82) is 5.26 Å². The molecule has 0 unspecified atom stereocenters. The van der Waals surface area contributed by atoms with Gasteiger partial charge < -0.3 is 25.4 Å². The van der Waals surface area contributed by atoms with E-state index < -0.39 is 0 Å². The summed E-state index contributed by atoms with van der Waals surface area (Å²) in [6, 6.07) is 1.98. The van der Waals surface area contributed by atoms with Crippen LogP contribution in [-0.2, 0) is 19.1 Å². The van der Waals surface area contributed by atoms with Crippen molar-refractivity contribution in [3.63, 3.8) is 0 Å². The first-order valence-electron chi connectivity index (χ1n) is 6.85. The molecule has 0 saturated carbocycles. The summed E-state index contributed by atoms with van der Waals surface area (Å²) in [7, 11) is 7.73. The predicted molar refractivity (Wildman–Crippen MR) is 104 cm³/mol. The largest absolute Gasteiger partial charge is 0.469 e. The third kappa shape index (κ3) is 163. The van der Waals surface area contributed by atoms with Crippen LogP contribution in [-0.4, -0.2) is 64.5 Å². The Balaban J connectivity index is -0.0000000343. The lowest BCUT2D eigenvalue weighted by Crippen LogP contribution is -1.88. The van der Waals surface area contributed by atoms with Crippen LogP contribution >= 0.6 is 0 Å². The van der Waals surface area contributed by atoms with Gasteiger partial charge in [0, 0.05) is 40.6 Å². The topological polar surface area (TPSA) is 176 Å². The summed E-state index contributed by atoms with van der Waals surface area (Å²) in [5, 5.41) is 14.7. The molecular weight excluding hydrogens is 344 g/mol. The fraction of sp³-hybridized carbons (Fsp3) is 0.625. The molecule has 0 radical (unpaired) electrons. The summed E-state index contributed by atoms with van der Waals surface area (Å²) >= 11 is 0. The molecule has 0 fully saturated rings. The van der Waals surface area contributed by atoms with Gasteiger partial charge in [-0.1, -0.05) is 6.08 Å². The Morgan fingerprint density at radius 1 is 0.885 bits per heavy atom. The Morgan fingerprint density at radius 3 is 1.12 bits per heavy atom. The molecule has 0 aromatic heterocycles. The molecule has 0 aliphatic rings. The van der Waals surface area contributed by atoms with Crippen molar-refractivity contribution >= 4 is 18.2 Å². The second kappa shape index (κ2) is 49.5. The van der Waals surface area contributed by atoms with Crippen LogP contribution in [0.3, 0.4) is 0 Å². The van der Waals surface area contributed by atoms with Gasteiger partial charge in [-0.05, 0) is 27.0 Å². The average molecular weight is 380 g/mol. The summed E-state index contributed by atoms with van der Waals surface area (Å²) in [6.45, 7) is 8.23. The predicted octanol–water partition coefficient (Wildman–Crippen LogP) is 1.59. The average Bonchev–Trinajstić information content (AvgIpc) is 2.62. The number of azo groups is 1. The zero-order valence-corrected chi connectivity index (χ0v) is 17.6. The molecule has 10 nitrogen and oxygen atoms in total. The second-order valence-corrected chi connectivity index (χ2v) is 3.39. The molecule has 156 valence electrons. The highest BCUT2D eigenvalue weighted by Gasteiger charge is 1.76. The fourth-order valence-corrected chi connectivity index (χ4v) is 0.0645. The number of carbonyl (C=O) groups excluding carboxylic acids is 2. The van der Waals surface area contributed by atoms with Crippen LogP contribution in [0.25, 0.3) is 0 Å². The molecule has 0 heterocycles.